The smallest absolute Gasteiger partial charge is 0.277 e. The van der Waals surface area contributed by atoms with Crippen LogP contribution in [0.5, 0.6) is 11.5 Å². The van der Waals surface area contributed by atoms with E-state index in [-0.39, 0.29) is 0 Å². The van der Waals surface area contributed by atoms with Crippen molar-refractivity contribution >= 4 is 0 Å². The molecule has 2 aromatic carbocycles. The van der Waals surface area contributed by atoms with Gasteiger partial charge in [0.15, 0.2) is 0 Å². The van der Waals surface area contributed by atoms with Gasteiger partial charge >= 0.3 is 0 Å². The Bertz CT molecular complexity index is 610. The fourth-order valence-electron chi connectivity index (χ4n) is 2.21. The molecule has 1 aliphatic rings. The van der Waals surface area contributed by atoms with Crippen molar-refractivity contribution in [1.82, 2.24) is 0 Å². The van der Waals surface area contributed by atoms with Crippen LogP contribution in [0.4, 0.5) is 0 Å². The Hall–Kier alpha value is -2.22. The van der Waals surface area contributed by atoms with Crippen LogP contribution in [0.25, 0.3) is 0 Å². The summed E-state index contributed by atoms with van der Waals surface area (Å²) in [5.41, 5.74) is 3.31. The van der Waals surface area contributed by atoms with E-state index in [2.05, 4.69) is 6.58 Å². The molecule has 2 aromatic rings. The van der Waals surface area contributed by atoms with Crippen molar-refractivity contribution in [2.75, 3.05) is 0 Å². The van der Waals surface area contributed by atoms with Gasteiger partial charge in [-0.25, -0.2) is 0 Å². The highest BCUT2D eigenvalue weighted by molar-refractivity contribution is 5.38. The zero-order chi connectivity index (χ0) is 14.2. The van der Waals surface area contributed by atoms with Crippen molar-refractivity contribution in [2.45, 2.75) is 26.1 Å². The Balaban J connectivity index is 1.80. The van der Waals surface area contributed by atoms with Crippen LogP contribution < -0.4 is 9.47 Å². The molecule has 0 aliphatic heterocycles. The first-order valence-corrected chi connectivity index (χ1v) is 6.77. The quantitative estimate of drug-likeness (QED) is 0.602. The zero-order valence-corrected chi connectivity index (χ0v) is 11.8. The number of benzene rings is 2. The van der Waals surface area contributed by atoms with E-state index < -0.39 is 5.79 Å². The molecule has 102 valence electrons. The van der Waals surface area contributed by atoms with Gasteiger partial charge in [-0.2, -0.15) is 0 Å². The van der Waals surface area contributed by atoms with Gasteiger partial charge in [0.2, 0.25) is 0 Å². The van der Waals surface area contributed by atoms with Crippen LogP contribution in [0.1, 0.15) is 17.5 Å². The summed E-state index contributed by atoms with van der Waals surface area (Å²) in [7, 11) is 0. The molecule has 0 bridgehead atoms. The van der Waals surface area contributed by atoms with Gasteiger partial charge in [-0.15, -0.1) is 0 Å². The van der Waals surface area contributed by atoms with Gasteiger partial charge in [0.25, 0.3) is 5.79 Å². The van der Waals surface area contributed by atoms with E-state index in [1.807, 2.05) is 62.4 Å². The summed E-state index contributed by atoms with van der Waals surface area (Å²) in [6.45, 7) is 8.10. The maximum absolute atomic E-state index is 6.03. The highest BCUT2D eigenvalue weighted by Gasteiger charge is 2.54. The molecule has 1 saturated carbocycles. The minimum Gasteiger partial charge on any atom is -0.448 e. The van der Waals surface area contributed by atoms with E-state index in [1.54, 1.807) is 0 Å². The molecule has 0 amide bonds. The lowest BCUT2D eigenvalue weighted by molar-refractivity contribution is -0.00824. The van der Waals surface area contributed by atoms with Crippen LogP contribution in [-0.2, 0) is 0 Å². The molecule has 0 radical (unpaired) electrons. The van der Waals surface area contributed by atoms with Gasteiger partial charge < -0.3 is 9.47 Å². The minimum atomic E-state index is -0.693. The normalized spacial score (nSPS) is 15.8. The van der Waals surface area contributed by atoms with Gasteiger partial charge in [-0.3, -0.25) is 0 Å². The average Bonchev–Trinajstić information content (AvgIpc) is 2.98. The van der Waals surface area contributed by atoms with Crippen molar-refractivity contribution < 1.29 is 9.47 Å². The van der Waals surface area contributed by atoms with Gasteiger partial charge in [0.1, 0.15) is 11.5 Å². The molecule has 0 aromatic heterocycles. The van der Waals surface area contributed by atoms with Crippen LogP contribution in [-0.4, -0.2) is 5.79 Å². The van der Waals surface area contributed by atoms with E-state index in [0.717, 1.165) is 23.5 Å². The third-order valence-electron chi connectivity index (χ3n) is 3.40. The molecule has 0 unspecified atom stereocenters. The van der Waals surface area contributed by atoms with Crippen molar-refractivity contribution in [2.24, 2.45) is 0 Å². The molecular weight excluding hydrogens is 248 g/mol. The first-order valence-electron chi connectivity index (χ1n) is 6.77. The van der Waals surface area contributed by atoms with E-state index >= 15 is 0 Å². The predicted molar refractivity (Wildman–Crippen MR) is 80.1 cm³/mol. The molecule has 20 heavy (non-hydrogen) atoms. The molecule has 3 rings (SSSR count). The van der Waals surface area contributed by atoms with Crippen LogP contribution in [0.2, 0.25) is 0 Å². The molecule has 0 heterocycles. The summed E-state index contributed by atoms with van der Waals surface area (Å²) in [5, 5.41) is 0. The summed E-state index contributed by atoms with van der Waals surface area (Å²) >= 11 is 0. The topological polar surface area (TPSA) is 18.5 Å². The SMILES string of the molecule is C=C1CC1(Oc1cccc(C)c1)Oc1cccc(C)c1. The molecule has 1 fully saturated rings. The summed E-state index contributed by atoms with van der Waals surface area (Å²) in [6.07, 6.45) is 0.731. The van der Waals surface area contributed by atoms with Crippen molar-refractivity contribution in [3.05, 3.63) is 71.8 Å². The number of hydrogen-bond acceptors (Lipinski definition) is 2. The molecule has 0 spiro atoms. The van der Waals surface area contributed by atoms with Crippen LogP contribution in [0, 0.1) is 13.8 Å². The Kier molecular flexibility index (Phi) is 3.01. The van der Waals surface area contributed by atoms with Crippen LogP contribution >= 0.6 is 0 Å². The second kappa shape index (κ2) is 4.71. The van der Waals surface area contributed by atoms with Crippen molar-refractivity contribution in [1.29, 1.82) is 0 Å². The van der Waals surface area contributed by atoms with Gasteiger partial charge in [0, 0.05) is 5.57 Å². The summed E-state index contributed by atoms with van der Waals surface area (Å²) in [6, 6.07) is 16.0. The zero-order valence-electron chi connectivity index (χ0n) is 11.8. The monoisotopic (exact) mass is 266 g/mol. The molecule has 0 saturated heterocycles. The third kappa shape index (κ3) is 2.55. The van der Waals surface area contributed by atoms with E-state index in [1.165, 1.54) is 11.1 Å². The highest BCUT2D eigenvalue weighted by Crippen LogP contribution is 2.46. The van der Waals surface area contributed by atoms with Crippen LogP contribution in [0.3, 0.4) is 0 Å². The van der Waals surface area contributed by atoms with E-state index in [9.17, 15) is 0 Å². The Morgan fingerprint density at radius 1 is 0.900 bits per heavy atom. The van der Waals surface area contributed by atoms with Crippen molar-refractivity contribution in [3.63, 3.8) is 0 Å². The first kappa shape index (κ1) is 12.8. The fraction of sp³-hybridized carbons (Fsp3) is 0.222. The fourth-order valence-corrected chi connectivity index (χ4v) is 2.21. The first-order chi connectivity index (χ1) is 9.57. The second-order valence-corrected chi connectivity index (χ2v) is 5.37. The average molecular weight is 266 g/mol. The second-order valence-electron chi connectivity index (χ2n) is 5.37. The number of ether oxygens (including phenoxy) is 2. The van der Waals surface area contributed by atoms with Crippen LogP contribution in [0.15, 0.2) is 60.7 Å². The van der Waals surface area contributed by atoms with Gasteiger partial charge in [0.05, 0.1) is 6.42 Å². The maximum Gasteiger partial charge on any atom is 0.277 e. The molecule has 2 nitrogen and oxygen atoms in total. The van der Waals surface area contributed by atoms with E-state index in [0.29, 0.717) is 0 Å². The minimum absolute atomic E-state index is 0.693. The summed E-state index contributed by atoms with van der Waals surface area (Å²) in [4.78, 5) is 0. The largest absolute Gasteiger partial charge is 0.448 e. The standard InChI is InChI=1S/C18H18O2/c1-13-6-4-8-16(10-13)19-18(12-15(18)3)20-17-9-5-7-14(2)11-17/h4-11H,3,12H2,1-2H3. The molecule has 1 aliphatic carbocycles. The summed E-state index contributed by atoms with van der Waals surface area (Å²) in [5.74, 6) is 0.939. The molecule has 0 N–H and O–H groups in total. The predicted octanol–water partition coefficient (Wildman–Crippen LogP) is 4.42. The third-order valence-corrected chi connectivity index (χ3v) is 3.40. The molecule has 0 atom stereocenters. The Morgan fingerprint density at radius 2 is 1.35 bits per heavy atom. The lowest BCUT2D eigenvalue weighted by Gasteiger charge is -2.20. The molecule has 2 heteroatoms. The maximum atomic E-state index is 6.03. The number of aryl methyl sites for hydroxylation is 2. The van der Waals surface area contributed by atoms with Gasteiger partial charge in [-0.05, 0) is 49.2 Å². The van der Waals surface area contributed by atoms with Gasteiger partial charge in [-0.1, -0.05) is 30.8 Å². The number of hydrogen-bond donors (Lipinski definition) is 0. The van der Waals surface area contributed by atoms with Crippen molar-refractivity contribution in [3.8, 4) is 11.5 Å². The Labute approximate surface area is 119 Å². The molecular formula is C18H18O2. The lowest BCUT2D eigenvalue weighted by atomic mass is 10.2. The van der Waals surface area contributed by atoms with E-state index in [4.69, 9.17) is 9.47 Å². The summed E-state index contributed by atoms with van der Waals surface area (Å²) < 4.78 is 12.1. The Morgan fingerprint density at radius 3 is 1.70 bits per heavy atom. The number of rotatable bonds is 4. The highest BCUT2D eigenvalue weighted by atomic mass is 16.7. The lowest BCUT2D eigenvalue weighted by Crippen LogP contribution is -2.26.